The lowest BCUT2D eigenvalue weighted by molar-refractivity contribution is 0.0955. The summed E-state index contributed by atoms with van der Waals surface area (Å²) in [6, 6.07) is 14.3. The number of hydrazone groups is 1. The summed E-state index contributed by atoms with van der Waals surface area (Å²) in [4.78, 5) is 11.9. The SMILES string of the molecule is CC(C)COc1ccc(/C=N/NC(=O)c2ccccc2Cl)cc1. The maximum atomic E-state index is 11.9. The molecule has 0 aliphatic rings. The average Bonchev–Trinajstić information content (AvgIpc) is 2.54. The van der Waals surface area contributed by atoms with Gasteiger partial charge in [-0.15, -0.1) is 0 Å². The number of halogens is 1. The van der Waals surface area contributed by atoms with Crippen molar-refractivity contribution in [1.29, 1.82) is 0 Å². The molecule has 0 spiro atoms. The molecule has 4 nitrogen and oxygen atoms in total. The van der Waals surface area contributed by atoms with Crippen LogP contribution >= 0.6 is 11.6 Å². The van der Waals surface area contributed by atoms with E-state index < -0.39 is 0 Å². The summed E-state index contributed by atoms with van der Waals surface area (Å²) < 4.78 is 5.61. The van der Waals surface area contributed by atoms with Crippen molar-refractivity contribution in [2.24, 2.45) is 11.0 Å². The van der Waals surface area contributed by atoms with Crippen LogP contribution in [0, 0.1) is 5.92 Å². The summed E-state index contributed by atoms with van der Waals surface area (Å²) in [5.74, 6) is 0.955. The van der Waals surface area contributed by atoms with E-state index >= 15 is 0 Å². The highest BCUT2D eigenvalue weighted by molar-refractivity contribution is 6.33. The van der Waals surface area contributed by atoms with Crippen molar-refractivity contribution < 1.29 is 9.53 Å². The molecule has 1 amide bonds. The Hall–Kier alpha value is -2.33. The molecule has 0 atom stereocenters. The minimum atomic E-state index is -0.344. The van der Waals surface area contributed by atoms with Crippen molar-refractivity contribution in [2.45, 2.75) is 13.8 Å². The van der Waals surface area contributed by atoms with Crippen LogP contribution in [0.5, 0.6) is 5.75 Å². The van der Waals surface area contributed by atoms with Gasteiger partial charge in [0, 0.05) is 0 Å². The predicted molar refractivity (Wildman–Crippen MR) is 93.3 cm³/mol. The number of amides is 1. The van der Waals surface area contributed by atoms with Crippen LogP contribution in [-0.4, -0.2) is 18.7 Å². The van der Waals surface area contributed by atoms with Gasteiger partial charge in [-0.2, -0.15) is 5.10 Å². The maximum Gasteiger partial charge on any atom is 0.272 e. The molecule has 2 aromatic carbocycles. The van der Waals surface area contributed by atoms with Crippen LogP contribution in [0.2, 0.25) is 5.02 Å². The van der Waals surface area contributed by atoms with E-state index in [1.165, 1.54) is 0 Å². The molecule has 0 radical (unpaired) electrons. The first-order valence-electron chi connectivity index (χ1n) is 7.37. The van der Waals surface area contributed by atoms with Gasteiger partial charge in [-0.3, -0.25) is 4.79 Å². The normalized spacial score (nSPS) is 11.0. The highest BCUT2D eigenvalue weighted by atomic mass is 35.5. The number of ether oxygens (including phenoxy) is 1. The molecule has 0 aromatic heterocycles. The van der Waals surface area contributed by atoms with Crippen molar-refractivity contribution in [2.75, 3.05) is 6.61 Å². The van der Waals surface area contributed by atoms with Crippen LogP contribution in [0.4, 0.5) is 0 Å². The molecular weight excluding hydrogens is 312 g/mol. The van der Waals surface area contributed by atoms with E-state index in [2.05, 4.69) is 24.4 Å². The average molecular weight is 331 g/mol. The number of hydrogen-bond donors (Lipinski definition) is 1. The predicted octanol–water partition coefficient (Wildman–Crippen LogP) is 4.14. The van der Waals surface area contributed by atoms with Crippen molar-refractivity contribution in [3.63, 3.8) is 0 Å². The monoisotopic (exact) mass is 330 g/mol. The number of hydrogen-bond acceptors (Lipinski definition) is 3. The van der Waals surface area contributed by atoms with Gasteiger partial charge in [0.25, 0.3) is 5.91 Å². The molecule has 120 valence electrons. The summed E-state index contributed by atoms with van der Waals surface area (Å²) >= 11 is 5.96. The molecule has 0 saturated carbocycles. The highest BCUT2D eigenvalue weighted by Gasteiger charge is 2.07. The number of nitrogens with one attached hydrogen (secondary N) is 1. The topological polar surface area (TPSA) is 50.7 Å². The third-order valence-electron chi connectivity index (χ3n) is 2.96. The Balaban J connectivity index is 1.90. The summed E-state index contributed by atoms with van der Waals surface area (Å²) in [6.07, 6.45) is 1.57. The molecule has 0 fully saturated rings. The standard InChI is InChI=1S/C18H19ClN2O2/c1-13(2)12-23-15-9-7-14(8-10-15)11-20-21-18(22)16-5-3-4-6-17(16)19/h3-11,13H,12H2,1-2H3,(H,21,22)/b20-11+. The van der Waals surface area contributed by atoms with Crippen molar-refractivity contribution in [3.8, 4) is 5.75 Å². The Morgan fingerprint density at radius 1 is 1.22 bits per heavy atom. The maximum absolute atomic E-state index is 11.9. The zero-order valence-corrected chi connectivity index (χ0v) is 13.9. The number of rotatable bonds is 6. The fourth-order valence-corrected chi connectivity index (χ4v) is 2.01. The van der Waals surface area contributed by atoms with Gasteiger partial charge in [0.15, 0.2) is 0 Å². The van der Waals surface area contributed by atoms with E-state index in [-0.39, 0.29) is 5.91 Å². The zero-order chi connectivity index (χ0) is 16.7. The Morgan fingerprint density at radius 3 is 2.57 bits per heavy atom. The lowest BCUT2D eigenvalue weighted by Crippen LogP contribution is -2.17. The van der Waals surface area contributed by atoms with E-state index in [1.54, 1.807) is 30.5 Å². The van der Waals surface area contributed by atoms with Crippen LogP contribution < -0.4 is 10.2 Å². The smallest absolute Gasteiger partial charge is 0.272 e. The van der Waals surface area contributed by atoms with Gasteiger partial charge >= 0.3 is 0 Å². The minimum Gasteiger partial charge on any atom is -0.493 e. The summed E-state index contributed by atoms with van der Waals surface area (Å²) in [7, 11) is 0. The number of carbonyl (C=O) groups excluding carboxylic acids is 1. The molecule has 0 bridgehead atoms. The molecule has 2 aromatic rings. The second-order valence-electron chi connectivity index (χ2n) is 5.45. The second-order valence-corrected chi connectivity index (χ2v) is 5.86. The number of carbonyl (C=O) groups is 1. The summed E-state index contributed by atoms with van der Waals surface area (Å²) in [6.45, 7) is 4.88. The van der Waals surface area contributed by atoms with Gasteiger partial charge in [-0.25, -0.2) is 5.43 Å². The van der Waals surface area contributed by atoms with Crippen molar-refractivity contribution >= 4 is 23.7 Å². The fourth-order valence-electron chi connectivity index (χ4n) is 1.78. The molecule has 0 saturated heterocycles. The van der Waals surface area contributed by atoms with Crippen LogP contribution in [0.15, 0.2) is 53.6 Å². The summed E-state index contributed by atoms with van der Waals surface area (Å²) in [5.41, 5.74) is 3.71. The van der Waals surface area contributed by atoms with Gasteiger partial charge in [-0.1, -0.05) is 37.6 Å². The van der Waals surface area contributed by atoms with Gasteiger partial charge in [0.05, 0.1) is 23.4 Å². The Bertz CT molecular complexity index is 682. The first kappa shape index (κ1) is 17.0. The Morgan fingerprint density at radius 2 is 1.91 bits per heavy atom. The molecule has 0 unspecified atom stereocenters. The van der Waals surface area contributed by atoms with E-state index in [4.69, 9.17) is 16.3 Å². The lowest BCUT2D eigenvalue weighted by atomic mass is 10.2. The Labute approximate surface area is 141 Å². The van der Waals surface area contributed by atoms with E-state index in [0.29, 0.717) is 23.1 Å². The minimum absolute atomic E-state index is 0.344. The zero-order valence-electron chi connectivity index (χ0n) is 13.1. The molecule has 1 N–H and O–H groups in total. The molecule has 0 aliphatic heterocycles. The third kappa shape index (κ3) is 5.42. The van der Waals surface area contributed by atoms with Crippen molar-refractivity contribution in [3.05, 3.63) is 64.7 Å². The molecule has 23 heavy (non-hydrogen) atoms. The molecule has 5 heteroatoms. The van der Waals surface area contributed by atoms with E-state index in [0.717, 1.165) is 11.3 Å². The molecule has 0 heterocycles. The highest BCUT2D eigenvalue weighted by Crippen LogP contribution is 2.14. The van der Waals surface area contributed by atoms with Gasteiger partial charge in [0.2, 0.25) is 0 Å². The first-order valence-corrected chi connectivity index (χ1v) is 7.75. The lowest BCUT2D eigenvalue weighted by Gasteiger charge is -2.08. The van der Waals surface area contributed by atoms with Gasteiger partial charge < -0.3 is 4.74 Å². The third-order valence-corrected chi connectivity index (χ3v) is 3.29. The summed E-state index contributed by atoms with van der Waals surface area (Å²) in [5, 5.41) is 4.33. The number of benzene rings is 2. The second kappa shape index (κ2) is 8.34. The number of nitrogens with zero attached hydrogens (tertiary/aromatic N) is 1. The Kier molecular flexibility index (Phi) is 6.18. The molecular formula is C18H19ClN2O2. The molecule has 0 aliphatic carbocycles. The van der Waals surface area contributed by atoms with Gasteiger partial charge in [0.1, 0.15) is 5.75 Å². The van der Waals surface area contributed by atoms with E-state index in [1.807, 2.05) is 24.3 Å². The van der Waals surface area contributed by atoms with Crippen LogP contribution in [0.3, 0.4) is 0 Å². The van der Waals surface area contributed by atoms with Crippen molar-refractivity contribution in [1.82, 2.24) is 5.43 Å². The van der Waals surface area contributed by atoms with Crippen LogP contribution in [0.25, 0.3) is 0 Å². The van der Waals surface area contributed by atoms with Crippen LogP contribution in [0.1, 0.15) is 29.8 Å². The quantitative estimate of drug-likeness (QED) is 0.639. The molecule has 2 rings (SSSR count). The largest absolute Gasteiger partial charge is 0.493 e. The first-order chi connectivity index (χ1) is 11.1. The van der Waals surface area contributed by atoms with Crippen LogP contribution in [-0.2, 0) is 0 Å². The van der Waals surface area contributed by atoms with Gasteiger partial charge in [-0.05, 0) is 47.9 Å². The fraction of sp³-hybridized carbons (Fsp3) is 0.222. The van der Waals surface area contributed by atoms with E-state index in [9.17, 15) is 4.79 Å².